The number of nitrogens with one attached hydrogen (secondary N) is 1. The van der Waals surface area contributed by atoms with Gasteiger partial charge in [-0.25, -0.2) is 0 Å². The van der Waals surface area contributed by atoms with Crippen LogP contribution in [0.2, 0.25) is 0 Å². The van der Waals surface area contributed by atoms with E-state index < -0.39 is 11.7 Å². The highest BCUT2D eigenvalue weighted by Crippen LogP contribution is 2.30. The molecule has 0 spiro atoms. The lowest BCUT2D eigenvalue weighted by Crippen LogP contribution is -2.36. The number of benzene rings is 1. The molecule has 0 saturated heterocycles. The Kier molecular flexibility index (Phi) is 5.02. The molecular weight excluding hydrogens is 251 g/mol. The normalized spacial score (nSPS) is 12.8. The van der Waals surface area contributed by atoms with E-state index in [9.17, 15) is 13.2 Å². The van der Waals surface area contributed by atoms with Gasteiger partial charge in [-0.05, 0) is 70.3 Å². The van der Waals surface area contributed by atoms with E-state index in [1.54, 1.807) is 13.0 Å². The molecule has 19 heavy (non-hydrogen) atoms. The first-order chi connectivity index (χ1) is 8.59. The number of rotatable bonds is 4. The van der Waals surface area contributed by atoms with E-state index >= 15 is 0 Å². The minimum atomic E-state index is -4.25. The molecule has 0 bridgehead atoms. The average molecular weight is 273 g/mol. The van der Waals surface area contributed by atoms with Gasteiger partial charge in [0, 0.05) is 5.54 Å². The van der Waals surface area contributed by atoms with Crippen LogP contribution in [-0.2, 0) is 12.6 Å². The van der Waals surface area contributed by atoms with E-state index in [4.69, 9.17) is 0 Å². The van der Waals surface area contributed by atoms with Crippen molar-refractivity contribution in [3.8, 4) is 0 Å². The molecular formula is C15H22F3N. The molecule has 4 heteroatoms. The van der Waals surface area contributed by atoms with Crippen molar-refractivity contribution in [2.45, 2.75) is 52.3 Å². The summed E-state index contributed by atoms with van der Waals surface area (Å²) in [6.07, 6.45) is -2.53. The largest absolute Gasteiger partial charge is 0.416 e. The van der Waals surface area contributed by atoms with Crippen LogP contribution in [0.5, 0.6) is 0 Å². The third kappa shape index (κ3) is 5.64. The highest BCUT2D eigenvalue weighted by atomic mass is 19.4. The zero-order valence-electron chi connectivity index (χ0n) is 12.0. The van der Waals surface area contributed by atoms with Crippen LogP contribution in [-0.4, -0.2) is 12.1 Å². The molecule has 0 atom stereocenters. The van der Waals surface area contributed by atoms with Crippen molar-refractivity contribution in [1.29, 1.82) is 0 Å². The Bertz CT molecular complexity index is 416. The second-order valence-electron chi connectivity index (χ2n) is 5.92. The van der Waals surface area contributed by atoms with Crippen molar-refractivity contribution in [3.63, 3.8) is 0 Å². The molecule has 0 fully saturated rings. The molecule has 1 nitrogen and oxygen atoms in total. The third-order valence-corrected chi connectivity index (χ3v) is 2.95. The average Bonchev–Trinajstić information content (AvgIpc) is 2.23. The minimum absolute atomic E-state index is 0.0786. The Morgan fingerprint density at radius 1 is 1.11 bits per heavy atom. The zero-order valence-corrected chi connectivity index (χ0v) is 12.0. The summed E-state index contributed by atoms with van der Waals surface area (Å²) in [6.45, 7) is 8.88. The predicted molar refractivity (Wildman–Crippen MR) is 72.3 cm³/mol. The monoisotopic (exact) mass is 273 g/mol. The predicted octanol–water partition coefficient (Wildman–Crippen LogP) is 4.33. The van der Waals surface area contributed by atoms with E-state index in [1.165, 1.54) is 12.1 Å². The van der Waals surface area contributed by atoms with Crippen LogP contribution in [0.15, 0.2) is 18.2 Å². The van der Waals surface area contributed by atoms with E-state index in [0.29, 0.717) is 5.56 Å². The van der Waals surface area contributed by atoms with Crippen LogP contribution < -0.4 is 5.32 Å². The van der Waals surface area contributed by atoms with Crippen molar-refractivity contribution in [1.82, 2.24) is 5.32 Å². The number of aryl methyl sites for hydroxylation is 2. The maximum Gasteiger partial charge on any atom is 0.416 e. The second kappa shape index (κ2) is 5.95. The van der Waals surface area contributed by atoms with Gasteiger partial charge in [0.25, 0.3) is 0 Å². The van der Waals surface area contributed by atoms with Gasteiger partial charge in [0.1, 0.15) is 0 Å². The van der Waals surface area contributed by atoms with Gasteiger partial charge in [-0.15, -0.1) is 0 Å². The van der Waals surface area contributed by atoms with Crippen LogP contribution in [0.4, 0.5) is 13.2 Å². The Balaban J connectivity index is 2.57. The fourth-order valence-electron chi connectivity index (χ4n) is 1.89. The maximum atomic E-state index is 12.5. The number of halogens is 3. The summed E-state index contributed by atoms with van der Waals surface area (Å²) >= 11 is 0. The Hall–Kier alpha value is -1.03. The topological polar surface area (TPSA) is 12.0 Å². The van der Waals surface area contributed by atoms with Crippen LogP contribution >= 0.6 is 0 Å². The quantitative estimate of drug-likeness (QED) is 0.805. The van der Waals surface area contributed by atoms with Crippen molar-refractivity contribution in [2.75, 3.05) is 6.54 Å². The van der Waals surface area contributed by atoms with Crippen LogP contribution in [0, 0.1) is 6.92 Å². The van der Waals surface area contributed by atoms with E-state index in [1.807, 2.05) is 0 Å². The van der Waals surface area contributed by atoms with Gasteiger partial charge in [-0.2, -0.15) is 13.2 Å². The van der Waals surface area contributed by atoms with Crippen molar-refractivity contribution < 1.29 is 13.2 Å². The Morgan fingerprint density at radius 2 is 1.74 bits per heavy atom. The molecule has 1 aromatic carbocycles. The summed E-state index contributed by atoms with van der Waals surface area (Å²) in [5.74, 6) is 0. The first kappa shape index (κ1) is 16.0. The summed E-state index contributed by atoms with van der Waals surface area (Å²) in [5.41, 5.74) is 1.21. The third-order valence-electron chi connectivity index (χ3n) is 2.95. The fourth-order valence-corrected chi connectivity index (χ4v) is 1.89. The lowest BCUT2D eigenvalue weighted by atomic mass is 10.0. The zero-order chi connectivity index (χ0) is 14.7. The van der Waals surface area contributed by atoms with Crippen LogP contribution in [0.25, 0.3) is 0 Å². The first-order valence-corrected chi connectivity index (χ1v) is 6.51. The van der Waals surface area contributed by atoms with Gasteiger partial charge >= 0.3 is 6.18 Å². The standard InChI is InChI=1S/C15H22F3N/c1-11-10-13(15(16,17)18)8-7-12(11)6-5-9-19-14(2,3)4/h7-8,10,19H,5-6,9H2,1-4H3. The Morgan fingerprint density at radius 3 is 2.21 bits per heavy atom. The molecule has 0 amide bonds. The molecule has 1 N–H and O–H groups in total. The number of hydrogen-bond acceptors (Lipinski definition) is 1. The molecule has 1 rings (SSSR count). The summed E-state index contributed by atoms with van der Waals surface area (Å²) in [6, 6.07) is 3.99. The molecule has 0 aliphatic rings. The van der Waals surface area contributed by atoms with Gasteiger partial charge in [0.15, 0.2) is 0 Å². The number of hydrogen-bond donors (Lipinski definition) is 1. The highest BCUT2D eigenvalue weighted by molar-refractivity contribution is 5.32. The summed E-state index contributed by atoms with van der Waals surface area (Å²) in [7, 11) is 0. The lowest BCUT2D eigenvalue weighted by Gasteiger charge is -2.20. The Labute approximate surface area is 113 Å². The molecule has 0 aliphatic heterocycles. The van der Waals surface area contributed by atoms with Crippen molar-refractivity contribution in [3.05, 3.63) is 34.9 Å². The van der Waals surface area contributed by atoms with Crippen LogP contribution in [0.3, 0.4) is 0 Å². The summed E-state index contributed by atoms with van der Waals surface area (Å²) in [4.78, 5) is 0. The summed E-state index contributed by atoms with van der Waals surface area (Å²) in [5, 5.41) is 3.37. The smallest absolute Gasteiger partial charge is 0.312 e. The SMILES string of the molecule is Cc1cc(C(F)(F)F)ccc1CCCNC(C)(C)C. The molecule has 0 aromatic heterocycles. The maximum absolute atomic E-state index is 12.5. The van der Waals surface area contributed by atoms with E-state index in [-0.39, 0.29) is 5.54 Å². The minimum Gasteiger partial charge on any atom is -0.312 e. The number of alkyl halides is 3. The van der Waals surface area contributed by atoms with Gasteiger partial charge in [-0.3, -0.25) is 0 Å². The molecule has 108 valence electrons. The first-order valence-electron chi connectivity index (χ1n) is 6.51. The van der Waals surface area contributed by atoms with Crippen molar-refractivity contribution in [2.24, 2.45) is 0 Å². The summed E-state index contributed by atoms with van der Waals surface area (Å²) < 4.78 is 37.6. The van der Waals surface area contributed by atoms with Gasteiger partial charge < -0.3 is 5.32 Å². The lowest BCUT2D eigenvalue weighted by molar-refractivity contribution is -0.137. The molecule has 0 radical (unpaired) electrons. The highest BCUT2D eigenvalue weighted by Gasteiger charge is 2.30. The van der Waals surface area contributed by atoms with Gasteiger partial charge in [0.05, 0.1) is 5.56 Å². The van der Waals surface area contributed by atoms with Gasteiger partial charge in [0.2, 0.25) is 0 Å². The van der Waals surface area contributed by atoms with E-state index in [0.717, 1.165) is 24.9 Å². The van der Waals surface area contributed by atoms with Crippen LogP contribution in [0.1, 0.15) is 43.9 Å². The molecule has 0 unspecified atom stereocenters. The van der Waals surface area contributed by atoms with Crippen molar-refractivity contribution >= 4 is 0 Å². The molecule has 0 aliphatic carbocycles. The molecule has 0 heterocycles. The fraction of sp³-hybridized carbons (Fsp3) is 0.600. The molecule has 0 saturated carbocycles. The molecule has 1 aromatic rings. The van der Waals surface area contributed by atoms with Gasteiger partial charge in [-0.1, -0.05) is 6.07 Å². The van der Waals surface area contributed by atoms with E-state index in [2.05, 4.69) is 26.1 Å². The second-order valence-corrected chi connectivity index (χ2v) is 5.92.